The zero-order chi connectivity index (χ0) is 21.3. The first-order valence-corrected chi connectivity index (χ1v) is 10.5. The maximum Gasteiger partial charge on any atom is 0.259 e. The summed E-state index contributed by atoms with van der Waals surface area (Å²) in [6.45, 7) is 2.89. The normalized spacial score (nSPS) is 10.3. The zero-order valence-electron chi connectivity index (χ0n) is 16.7. The van der Waals surface area contributed by atoms with Gasteiger partial charge in [0.15, 0.2) is 0 Å². The largest absolute Gasteiger partial charge is 0.492 e. The first-order chi connectivity index (χ1) is 14.6. The fourth-order valence-electron chi connectivity index (χ4n) is 2.90. The Labute approximate surface area is 184 Å². The van der Waals surface area contributed by atoms with Crippen LogP contribution in [0, 0.1) is 0 Å². The molecule has 0 aliphatic heterocycles. The molecule has 0 heterocycles. The van der Waals surface area contributed by atoms with Gasteiger partial charge in [0, 0.05) is 28.7 Å². The molecule has 0 fully saturated rings. The number of amides is 2. The number of anilines is 1. The maximum atomic E-state index is 12.9. The summed E-state index contributed by atoms with van der Waals surface area (Å²) < 4.78 is 6.68. The number of hydrogen-bond acceptors (Lipinski definition) is 3. The smallest absolute Gasteiger partial charge is 0.259 e. The third-order valence-electron chi connectivity index (χ3n) is 4.42. The molecule has 0 unspecified atom stereocenters. The summed E-state index contributed by atoms with van der Waals surface area (Å²) in [5.74, 6) is 0.0961. The lowest BCUT2D eigenvalue weighted by Gasteiger charge is -2.13. The van der Waals surface area contributed by atoms with Crippen LogP contribution in [0.2, 0.25) is 0 Å². The molecule has 2 amide bonds. The Bertz CT molecular complexity index is 1000. The monoisotopic (exact) mass is 466 g/mol. The van der Waals surface area contributed by atoms with Crippen LogP contribution < -0.4 is 15.4 Å². The molecule has 3 aromatic rings. The number of rotatable bonds is 8. The Morgan fingerprint density at radius 2 is 1.67 bits per heavy atom. The van der Waals surface area contributed by atoms with Crippen molar-refractivity contribution in [2.75, 3.05) is 18.5 Å². The number of ether oxygens (including phenoxy) is 1. The van der Waals surface area contributed by atoms with E-state index in [0.29, 0.717) is 35.7 Å². The second-order valence-electron chi connectivity index (χ2n) is 6.62. The van der Waals surface area contributed by atoms with E-state index in [-0.39, 0.29) is 11.8 Å². The minimum absolute atomic E-state index is 0.142. The van der Waals surface area contributed by atoms with Crippen molar-refractivity contribution < 1.29 is 14.3 Å². The van der Waals surface area contributed by atoms with Gasteiger partial charge in [-0.3, -0.25) is 9.59 Å². The second-order valence-corrected chi connectivity index (χ2v) is 7.53. The molecule has 0 aliphatic carbocycles. The number of carbonyl (C=O) groups excluding carboxylic acids is 2. The molecule has 154 valence electrons. The van der Waals surface area contributed by atoms with Gasteiger partial charge < -0.3 is 15.4 Å². The lowest BCUT2D eigenvalue weighted by Crippen LogP contribution is -2.22. The Kier molecular flexibility index (Phi) is 7.63. The van der Waals surface area contributed by atoms with Gasteiger partial charge >= 0.3 is 0 Å². The molecule has 2 N–H and O–H groups in total. The molecule has 0 bridgehead atoms. The molecule has 0 aromatic heterocycles. The summed E-state index contributed by atoms with van der Waals surface area (Å²) in [7, 11) is 0. The number of hydrogen-bond donors (Lipinski definition) is 2. The highest BCUT2D eigenvalue weighted by atomic mass is 79.9. The lowest BCUT2D eigenvalue weighted by atomic mass is 10.1. The van der Waals surface area contributed by atoms with Crippen molar-refractivity contribution in [2.45, 2.75) is 13.3 Å². The third-order valence-corrected chi connectivity index (χ3v) is 4.91. The van der Waals surface area contributed by atoms with Crippen molar-refractivity contribution in [3.63, 3.8) is 0 Å². The lowest BCUT2D eigenvalue weighted by molar-refractivity contribution is 0.0955. The van der Waals surface area contributed by atoms with Gasteiger partial charge in [-0.05, 0) is 55.0 Å². The van der Waals surface area contributed by atoms with Gasteiger partial charge in [-0.2, -0.15) is 0 Å². The highest BCUT2D eigenvalue weighted by Gasteiger charge is 2.14. The van der Waals surface area contributed by atoms with E-state index < -0.39 is 0 Å². The summed E-state index contributed by atoms with van der Waals surface area (Å²) in [6.07, 6.45) is 0.749. The van der Waals surface area contributed by atoms with Crippen molar-refractivity contribution in [3.05, 3.63) is 94.0 Å². The van der Waals surface area contributed by atoms with Crippen molar-refractivity contribution in [2.24, 2.45) is 0 Å². The molecule has 0 saturated heterocycles. The fourth-order valence-corrected chi connectivity index (χ4v) is 3.26. The average Bonchev–Trinajstić information content (AvgIpc) is 2.76. The SMILES string of the molecule is CCNC(=O)c1ccc(NC(=O)c2cc(Br)ccc2OCCc2ccccc2)cc1. The molecule has 30 heavy (non-hydrogen) atoms. The molecule has 0 saturated carbocycles. The van der Waals surface area contributed by atoms with Crippen molar-refractivity contribution in [1.29, 1.82) is 0 Å². The molecule has 3 aromatic carbocycles. The molecule has 3 rings (SSSR count). The zero-order valence-corrected chi connectivity index (χ0v) is 18.2. The Morgan fingerprint density at radius 1 is 0.933 bits per heavy atom. The van der Waals surface area contributed by atoms with Gasteiger partial charge in [0.05, 0.1) is 12.2 Å². The fraction of sp³-hybridized carbons (Fsp3) is 0.167. The molecule has 0 spiro atoms. The van der Waals surface area contributed by atoms with Gasteiger partial charge in [0.1, 0.15) is 5.75 Å². The predicted molar refractivity (Wildman–Crippen MR) is 122 cm³/mol. The van der Waals surface area contributed by atoms with Crippen molar-refractivity contribution >= 4 is 33.4 Å². The van der Waals surface area contributed by atoms with Crippen LogP contribution in [0.4, 0.5) is 5.69 Å². The highest BCUT2D eigenvalue weighted by Crippen LogP contribution is 2.25. The highest BCUT2D eigenvalue weighted by molar-refractivity contribution is 9.10. The molecular formula is C24H23BrN2O3. The van der Waals surface area contributed by atoms with E-state index in [1.165, 1.54) is 5.56 Å². The van der Waals surface area contributed by atoms with E-state index in [4.69, 9.17) is 4.74 Å². The van der Waals surface area contributed by atoms with E-state index in [2.05, 4.69) is 26.6 Å². The van der Waals surface area contributed by atoms with Crippen molar-refractivity contribution in [1.82, 2.24) is 5.32 Å². The topological polar surface area (TPSA) is 67.4 Å². The van der Waals surface area contributed by atoms with Crippen LogP contribution in [0.3, 0.4) is 0 Å². The van der Waals surface area contributed by atoms with Gasteiger partial charge in [-0.25, -0.2) is 0 Å². The van der Waals surface area contributed by atoms with Crippen molar-refractivity contribution in [3.8, 4) is 5.75 Å². The van der Waals surface area contributed by atoms with Crippen LogP contribution in [-0.4, -0.2) is 25.0 Å². The van der Waals surface area contributed by atoms with Gasteiger partial charge in [0.25, 0.3) is 11.8 Å². The van der Waals surface area contributed by atoms with Crippen LogP contribution in [-0.2, 0) is 6.42 Å². The van der Waals surface area contributed by atoms with E-state index in [9.17, 15) is 9.59 Å². The summed E-state index contributed by atoms with van der Waals surface area (Å²) in [6, 6.07) is 22.2. The van der Waals surface area contributed by atoms with Crippen LogP contribution in [0.1, 0.15) is 33.2 Å². The van der Waals surface area contributed by atoms with Crippen LogP contribution >= 0.6 is 15.9 Å². The van der Waals surface area contributed by atoms with E-state index in [1.807, 2.05) is 43.3 Å². The summed E-state index contributed by atoms with van der Waals surface area (Å²) in [4.78, 5) is 24.7. The third kappa shape index (κ3) is 5.94. The molecule has 5 nitrogen and oxygen atoms in total. The molecule has 6 heteroatoms. The summed E-state index contributed by atoms with van der Waals surface area (Å²) in [5, 5.41) is 5.61. The first kappa shape index (κ1) is 21.6. The number of nitrogens with one attached hydrogen (secondary N) is 2. The minimum Gasteiger partial charge on any atom is -0.492 e. The van der Waals surface area contributed by atoms with Gasteiger partial charge in [-0.1, -0.05) is 46.3 Å². The Morgan fingerprint density at radius 3 is 2.37 bits per heavy atom. The van der Waals surface area contributed by atoms with Crippen LogP contribution in [0.15, 0.2) is 77.3 Å². The molecular weight excluding hydrogens is 444 g/mol. The minimum atomic E-state index is -0.281. The van der Waals surface area contributed by atoms with E-state index >= 15 is 0 Å². The predicted octanol–water partition coefficient (Wildman–Crippen LogP) is 5.07. The Balaban J connectivity index is 1.67. The standard InChI is InChI=1S/C24H23BrN2O3/c1-2-26-23(28)18-8-11-20(12-9-18)27-24(29)21-16-19(25)10-13-22(21)30-15-14-17-6-4-3-5-7-17/h3-13,16H,2,14-15H2,1H3,(H,26,28)(H,27,29). The molecule has 0 aliphatic rings. The number of benzene rings is 3. The first-order valence-electron chi connectivity index (χ1n) is 9.72. The molecule has 0 radical (unpaired) electrons. The maximum absolute atomic E-state index is 12.9. The quantitative estimate of drug-likeness (QED) is 0.486. The van der Waals surface area contributed by atoms with E-state index in [1.54, 1.807) is 36.4 Å². The van der Waals surface area contributed by atoms with E-state index in [0.717, 1.165) is 10.9 Å². The number of halogens is 1. The molecule has 0 atom stereocenters. The van der Waals surface area contributed by atoms with Crippen LogP contribution in [0.25, 0.3) is 0 Å². The Hall–Kier alpha value is -3.12. The number of carbonyl (C=O) groups is 2. The van der Waals surface area contributed by atoms with Gasteiger partial charge in [0.2, 0.25) is 0 Å². The second kappa shape index (κ2) is 10.6. The van der Waals surface area contributed by atoms with Gasteiger partial charge in [-0.15, -0.1) is 0 Å². The average molecular weight is 467 g/mol. The summed E-state index contributed by atoms with van der Waals surface area (Å²) >= 11 is 3.42. The summed E-state index contributed by atoms with van der Waals surface area (Å²) in [5.41, 5.74) is 2.75. The van der Waals surface area contributed by atoms with Crippen LogP contribution in [0.5, 0.6) is 5.75 Å².